The molecule has 1 rings (SSSR count). The molecule has 0 aromatic carbocycles. The molecule has 1 aliphatic heterocycles. The van der Waals surface area contributed by atoms with E-state index < -0.39 is 10.2 Å². The van der Waals surface area contributed by atoms with Gasteiger partial charge >= 0.3 is 0 Å². The molecule has 5 nitrogen and oxygen atoms in total. The highest BCUT2D eigenvalue weighted by molar-refractivity contribution is 7.87. The van der Waals surface area contributed by atoms with E-state index in [0.29, 0.717) is 18.5 Å². The highest BCUT2D eigenvalue weighted by Gasteiger charge is 2.19. The van der Waals surface area contributed by atoms with E-state index in [1.807, 2.05) is 13.8 Å². The lowest BCUT2D eigenvalue weighted by Crippen LogP contribution is -2.46. The van der Waals surface area contributed by atoms with E-state index in [4.69, 9.17) is 0 Å². The largest absolute Gasteiger partial charge is 0.314 e. The summed E-state index contributed by atoms with van der Waals surface area (Å²) in [5.74, 6) is 0.403. The van der Waals surface area contributed by atoms with Crippen LogP contribution in [0.2, 0.25) is 0 Å². The average Bonchev–Trinajstić information content (AvgIpc) is 2.15. The van der Waals surface area contributed by atoms with Gasteiger partial charge in [0.2, 0.25) is 0 Å². The summed E-state index contributed by atoms with van der Waals surface area (Å²) in [5.41, 5.74) is 0. The van der Waals surface area contributed by atoms with Crippen LogP contribution < -0.4 is 14.8 Å². The van der Waals surface area contributed by atoms with Gasteiger partial charge in [-0.05, 0) is 46.1 Å². The fourth-order valence-electron chi connectivity index (χ4n) is 1.81. The van der Waals surface area contributed by atoms with Gasteiger partial charge < -0.3 is 5.32 Å². The van der Waals surface area contributed by atoms with Crippen molar-refractivity contribution in [1.82, 2.24) is 14.8 Å². The number of rotatable bonds is 5. The standard InChI is InChI=1S/C10H23N3O2S/c1-8(2)13-16(14,15)12-7-10-5-4-9(3)11-6-10/h8-13H,4-7H2,1-3H3. The van der Waals surface area contributed by atoms with Crippen molar-refractivity contribution in [3.8, 4) is 0 Å². The Balaban J connectivity index is 2.29. The van der Waals surface area contributed by atoms with E-state index in [1.165, 1.54) is 0 Å². The Bertz CT molecular complexity index is 295. The fraction of sp³-hybridized carbons (Fsp3) is 1.00. The molecule has 1 saturated heterocycles. The van der Waals surface area contributed by atoms with Crippen molar-refractivity contribution in [3.05, 3.63) is 0 Å². The van der Waals surface area contributed by atoms with Crippen LogP contribution in [0.1, 0.15) is 33.6 Å². The van der Waals surface area contributed by atoms with Crippen molar-refractivity contribution in [1.29, 1.82) is 0 Å². The first-order valence-electron chi connectivity index (χ1n) is 5.89. The zero-order valence-corrected chi connectivity index (χ0v) is 11.1. The summed E-state index contributed by atoms with van der Waals surface area (Å²) in [6.45, 7) is 7.18. The Morgan fingerprint density at radius 3 is 2.56 bits per heavy atom. The second kappa shape index (κ2) is 5.95. The Morgan fingerprint density at radius 2 is 2.06 bits per heavy atom. The number of hydrogen-bond donors (Lipinski definition) is 3. The monoisotopic (exact) mass is 249 g/mol. The molecule has 1 heterocycles. The van der Waals surface area contributed by atoms with Crippen LogP contribution in [-0.4, -0.2) is 33.6 Å². The van der Waals surface area contributed by atoms with E-state index in [0.717, 1.165) is 19.4 Å². The van der Waals surface area contributed by atoms with Gasteiger partial charge in [-0.15, -0.1) is 0 Å². The van der Waals surface area contributed by atoms with E-state index >= 15 is 0 Å². The minimum atomic E-state index is -3.32. The SMILES string of the molecule is CC(C)NS(=O)(=O)NCC1CCC(C)NC1. The van der Waals surface area contributed by atoms with E-state index in [9.17, 15) is 8.42 Å². The molecule has 0 radical (unpaired) electrons. The van der Waals surface area contributed by atoms with Gasteiger partial charge in [0.1, 0.15) is 0 Å². The van der Waals surface area contributed by atoms with Crippen LogP contribution in [0.15, 0.2) is 0 Å². The molecule has 0 bridgehead atoms. The van der Waals surface area contributed by atoms with Crippen LogP contribution in [0.5, 0.6) is 0 Å². The summed E-state index contributed by atoms with van der Waals surface area (Å²) in [7, 11) is -3.32. The van der Waals surface area contributed by atoms with Gasteiger partial charge in [-0.1, -0.05) is 0 Å². The smallest absolute Gasteiger partial charge is 0.277 e. The first kappa shape index (κ1) is 13.9. The lowest BCUT2D eigenvalue weighted by molar-refractivity contribution is 0.323. The maximum Gasteiger partial charge on any atom is 0.277 e. The average molecular weight is 249 g/mol. The minimum absolute atomic E-state index is 0.0676. The molecule has 3 N–H and O–H groups in total. The maximum atomic E-state index is 11.5. The van der Waals surface area contributed by atoms with Crippen LogP contribution in [0.4, 0.5) is 0 Å². The molecule has 1 fully saturated rings. The van der Waals surface area contributed by atoms with Crippen molar-refractivity contribution >= 4 is 10.2 Å². The molecule has 0 aromatic heterocycles. The second-order valence-electron chi connectivity index (χ2n) is 4.88. The van der Waals surface area contributed by atoms with Gasteiger partial charge in [0, 0.05) is 18.6 Å². The molecule has 0 amide bonds. The van der Waals surface area contributed by atoms with Crippen LogP contribution in [0, 0.1) is 5.92 Å². The predicted molar refractivity (Wildman–Crippen MR) is 65.4 cm³/mol. The van der Waals surface area contributed by atoms with Gasteiger partial charge in [0.15, 0.2) is 0 Å². The van der Waals surface area contributed by atoms with Crippen molar-refractivity contribution < 1.29 is 8.42 Å². The lowest BCUT2D eigenvalue weighted by atomic mass is 9.96. The quantitative estimate of drug-likeness (QED) is 0.652. The molecule has 2 atom stereocenters. The van der Waals surface area contributed by atoms with Crippen LogP contribution in [0.3, 0.4) is 0 Å². The van der Waals surface area contributed by atoms with Crippen molar-refractivity contribution in [2.75, 3.05) is 13.1 Å². The third kappa shape index (κ3) is 5.25. The van der Waals surface area contributed by atoms with Gasteiger partial charge in [0.05, 0.1) is 0 Å². The van der Waals surface area contributed by atoms with Gasteiger partial charge in [-0.2, -0.15) is 13.1 Å². The lowest BCUT2D eigenvalue weighted by Gasteiger charge is -2.27. The Morgan fingerprint density at radius 1 is 1.38 bits per heavy atom. The number of nitrogens with one attached hydrogen (secondary N) is 3. The molecule has 0 aromatic rings. The summed E-state index contributed by atoms with van der Waals surface area (Å²) in [6, 6.07) is 0.489. The highest BCUT2D eigenvalue weighted by atomic mass is 32.2. The molecule has 2 unspecified atom stereocenters. The van der Waals surface area contributed by atoms with Gasteiger partial charge in [-0.3, -0.25) is 0 Å². The molecule has 0 saturated carbocycles. The third-order valence-corrected chi connectivity index (χ3v) is 4.04. The molecule has 16 heavy (non-hydrogen) atoms. The van der Waals surface area contributed by atoms with Crippen molar-refractivity contribution in [2.45, 2.75) is 45.7 Å². The molecule has 96 valence electrons. The topological polar surface area (TPSA) is 70.2 Å². The van der Waals surface area contributed by atoms with Gasteiger partial charge in [0.25, 0.3) is 10.2 Å². The summed E-state index contributed by atoms with van der Waals surface area (Å²) in [6.07, 6.45) is 2.20. The Kier molecular flexibility index (Phi) is 5.17. The first-order valence-corrected chi connectivity index (χ1v) is 7.37. The normalized spacial score (nSPS) is 27.2. The predicted octanol–water partition coefficient (Wildman–Crippen LogP) is 0.207. The molecular weight excluding hydrogens is 226 g/mol. The minimum Gasteiger partial charge on any atom is -0.314 e. The fourth-order valence-corrected chi connectivity index (χ4v) is 2.97. The molecular formula is C10H23N3O2S. The highest BCUT2D eigenvalue weighted by Crippen LogP contribution is 2.13. The van der Waals surface area contributed by atoms with Crippen molar-refractivity contribution in [2.24, 2.45) is 5.92 Å². The summed E-state index contributed by atoms with van der Waals surface area (Å²) in [4.78, 5) is 0. The zero-order chi connectivity index (χ0) is 12.2. The summed E-state index contributed by atoms with van der Waals surface area (Å²) in [5, 5.41) is 3.35. The first-order chi connectivity index (χ1) is 7.39. The second-order valence-corrected chi connectivity index (χ2v) is 6.41. The maximum absolute atomic E-state index is 11.5. The zero-order valence-electron chi connectivity index (χ0n) is 10.3. The van der Waals surface area contributed by atoms with Crippen molar-refractivity contribution in [3.63, 3.8) is 0 Å². The van der Waals surface area contributed by atoms with Crippen LogP contribution >= 0.6 is 0 Å². The van der Waals surface area contributed by atoms with Gasteiger partial charge in [-0.25, -0.2) is 4.72 Å². The Hall–Kier alpha value is -0.170. The molecule has 6 heteroatoms. The molecule has 0 spiro atoms. The van der Waals surface area contributed by atoms with Crippen LogP contribution in [0.25, 0.3) is 0 Å². The van der Waals surface area contributed by atoms with E-state index in [2.05, 4.69) is 21.7 Å². The Labute approximate surface area is 98.6 Å². The summed E-state index contributed by atoms with van der Waals surface area (Å²) >= 11 is 0. The van der Waals surface area contributed by atoms with E-state index in [-0.39, 0.29) is 6.04 Å². The third-order valence-electron chi connectivity index (χ3n) is 2.72. The molecule has 0 aliphatic carbocycles. The summed E-state index contributed by atoms with van der Waals surface area (Å²) < 4.78 is 28.1. The number of piperidine rings is 1. The number of hydrogen-bond acceptors (Lipinski definition) is 3. The molecule has 1 aliphatic rings. The van der Waals surface area contributed by atoms with E-state index in [1.54, 1.807) is 0 Å². The van der Waals surface area contributed by atoms with Crippen LogP contribution in [-0.2, 0) is 10.2 Å².